The predicted octanol–water partition coefficient (Wildman–Crippen LogP) is 3.60. The number of hydrogen-bond acceptors (Lipinski definition) is 3. The highest BCUT2D eigenvalue weighted by molar-refractivity contribution is 5.66. The first-order valence-corrected chi connectivity index (χ1v) is 8.92. The monoisotopic (exact) mass is 339 g/mol. The van der Waals surface area contributed by atoms with E-state index in [1.165, 1.54) is 11.1 Å². The van der Waals surface area contributed by atoms with Gasteiger partial charge in [-0.15, -0.1) is 0 Å². The van der Waals surface area contributed by atoms with Gasteiger partial charge in [-0.3, -0.25) is 9.69 Å². The molecule has 1 aliphatic rings. The number of likely N-dealkylation sites (tertiary alicyclic amines) is 1. The fourth-order valence-electron chi connectivity index (χ4n) is 3.35. The van der Waals surface area contributed by atoms with Crippen molar-refractivity contribution in [3.05, 3.63) is 65.7 Å². The van der Waals surface area contributed by atoms with Gasteiger partial charge in [0.1, 0.15) is 12.4 Å². The molecule has 0 bridgehead atoms. The molecule has 4 heteroatoms. The Kier molecular flexibility index (Phi) is 6.07. The number of nitrogens with zero attached hydrogens (tertiary/aromatic N) is 1. The normalized spacial score (nSPS) is 17.5. The number of carboxylic acids is 1. The van der Waals surface area contributed by atoms with E-state index in [0.717, 1.165) is 31.6 Å². The quantitative estimate of drug-likeness (QED) is 0.798. The van der Waals surface area contributed by atoms with E-state index in [2.05, 4.69) is 41.3 Å². The summed E-state index contributed by atoms with van der Waals surface area (Å²) in [7, 11) is 0. The molecule has 2 aromatic carbocycles. The molecular weight excluding hydrogens is 314 g/mol. The van der Waals surface area contributed by atoms with Gasteiger partial charge in [-0.05, 0) is 49.1 Å². The molecule has 0 aromatic heterocycles. The molecule has 25 heavy (non-hydrogen) atoms. The number of carbonyl (C=O) groups is 1. The molecule has 0 radical (unpaired) electrons. The van der Waals surface area contributed by atoms with Gasteiger partial charge < -0.3 is 9.84 Å². The number of hydrogen-bond donors (Lipinski definition) is 1. The summed E-state index contributed by atoms with van der Waals surface area (Å²) in [5.41, 5.74) is 2.57. The van der Waals surface area contributed by atoms with Gasteiger partial charge in [-0.2, -0.15) is 0 Å². The maximum Gasteiger partial charge on any atom is 0.304 e. The first-order valence-electron chi connectivity index (χ1n) is 8.92. The van der Waals surface area contributed by atoms with Gasteiger partial charge in [-0.25, -0.2) is 0 Å². The second-order valence-corrected chi connectivity index (χ2v) is 6.59. The van der Waals surface area contributed by atoms with Crippen molar-refractivity contribution in [2.45, 2.75) is 31.7 Å². The van der Waals surface area contributed by atoms with Crippen LogP contribution in [0.3, 0.4) is 0 Å². The lowest BCUT2D eigenvalue weighted by Gasteiger charge is -2.23. The second kappa shape index (κ2) is 8.67. The molecule has 4 nitrogen and oxygen atoms in total. The Hall–Kier alpha value is -2.33. The van der Waals surface area contributed by atoms with Gasteiger partial charge in [0.25, 0.3) is 0 Å². The topological polar surface area (TPSA) is 49.8 Å². The van der Waals surface area contributed by atoms with Gasteiger partial charge in [0, 0.05) is 12.6 Å². The highest BCUT2D eigenvalue weighted by Crippen LogP contribution is 2.20. The molecule has 1 unspecified atom stereocenters. The van der Waals surface area contributed by atoms with Gasteiger partial charge in [0.2, 0.25) is 0 Å². The number of rotatable bonds is 8. The average Bonchev–Trinajstić information content (AvgIpc) is 3.08. The van der Waals surface area contributed by atoms with E-state index in [1.807, 2.05) is 18.2 Å². The lowest BCUT2D eigenvalue weighted by atomic mass is 10.1. The second-order valence-electron chi connectivity index (χ2n) is 6.59. The molecule has 1 heterocycles. The molecule has 1 atom stereocenters. The van der Waals surface area contributed by atoms with Crippen molar-refractivity contribution in [2.75, 3.05) is 19.7 Å². The predicted molar refractivity (Wildman–Crippen MR) is 98.0 cm³/mol. The summed E-state index contributed by atoms with van der Waals surface area (Å²) in [4.78, 5) is 13.0. The minimum Gasteiger partial charge on any atom is -0.492 e. The lowest BCUT2D eigenvalue weighted by Crippen LogP contribution is -2.35. The van der Waals surface area contributed by atoms with Crippen molar-refractivity contribution in [3.8, 4) is 5.75 Å². The van der Waals surface area contributed by atoms with Crippen LogP contribution in [0.2, 0.25) is 0 Å². The van der Waals surface area contributed by atoms with E-state index in [9.17, 15) is 4.79 Å². The Balaban J connectivity index is 1.49. The summed E-state index contributed by atoms with van der Waals surface area (Å²) in [5.74, 6) is 0.141. The molecule has 132 valence electrons. The Labute approximate surface area is 149 Å². The van der Waals surface area contributed by atoms with E-state index >= 15 is 0 Å². The Bertz CT molecular complexity index is 669. The summed E-state index contributed by atoms with van der Waals surface area (Å²) < 4.78 is 5.94. The third kappa shape index (κ3) is 5.33. The summed E-state index contributed by atoms with van der Waals surface area (Å²) in [6.07, 6.45) is 3.31. The summed E-state index contributed by atoms with van der Waals surface area (Å²) in [5, 5.41) is 8.84. The molecule has 1 fully saturated rings. The third-order valence-electron chi connectivity index (χ3n) is 4.73. The maximum absolute atomic E-state index is 10.7. The minimum absolute atomic E-state index is 0.199. The molecule has 1 aliphatic heterocycles. The maximum atomic E-state index is 10.7. The van der Waals surface area contributed by atoms with Crippen LogP contribution in [0.1, 0.15) is 30.4 Å². The van der Waals surface area contributed by atoms with Crippen molar-refractivity contribution in [1.82, 2.24) is 4.90 Å². The molecule has 0 amide bonds. The molecule has 1 saturated heterocycles. The SMILES string of the molecule is O=C(O)CCN1CCCC1COc1ccc(Cc2ccccc2)cc1. The zero-order chi connectivity index (χ0) is 17.5. The fraction of sp³-hybridized carbons (Fsp3) is 0.381. The van der Waals surface area contributed by atoms with Crippen LogP contribution in [0.5, 0.6) is 5.75 Å². The van der Waals surface area contributed by atoms with Crippen LogP contribution in [0.15, 0.2) is 54.6 Å². The molecule has 0 aliphatic carbocycles. The molecule has 3 rings (SSSR count). The summed E-state index contributed by atoms with van der Waals surface area (Å²) >= 11 is 0. The third-order valence-corrected chi connectivity index (χ3v) is 4.73. The first kappa shape index (κ1) is 17.5. The van der Waals surface area contributed by atoms with Crippen LogP contribution in [0, 0.1) is 0 Å². The van der Waals surface area contributed by atoms with Crippen molar-refractivity contribution in [2.24, 2.45) is 0 Å². The average molecular weight is 339 g/mol. The van der Waals surface area contributed by atoms with Crippen LogP contribution in [0.25, 0.3) is 0 Å². The minimum atomic E-state index is -0.736. The van der Waals surface area contributed by atoms with Crippen molar-refractivity contribution < 1.29 is 14.6 Å². The largest absolute Gasteiger partial charge is 0.492 e. The molecule has 1 N–H and O–H groups in total. The van der Waals surface area contributed by atoms with Gasteiger partial charge in [0.15, 0.2) is 0 Å². The van der Waals surface area contributed by atoms with Crippen LogP contribution < -0.4 is 4.74 Å². The highest BCUT2D eigenvalue weighted by atomic mass is 16.5. The van der Waals surface area contributed by atoms with E-state index in [-0.39, 0.29) is 6.42 Å². The van der Waals surface area contributed by atoms with Gasteiger partial charge in [0.05, 0.1) is 6.42 Å². The summed E-state index contributed by atoms with van der Waals surface area (Å²) in [6.45, 7) is 2.20. The van der Waals surface area contributed by atoms with E-state index in [1.54, 1.807) is 0 Å². The van der Waals surface area contributed by atoms with E-state index < -0.39 is 5.97 Å². The first-order chi connectivity index (χ1) is 12.2. The van der Waals surface area contributed by atoms with Crippen LogP contribution >= 0.6 is 0 Å². The van der Waals surface area contributed by atoms with Crippen LogP contribution in [0.4, 0.5) is 0 Å². The zero-order valence-corrected chi connectivity index (χ0v) is 14.4. The summed E-state index contributed by atoms with van der Waals surface area (Å²) in [6, 6.07) is 19.0. The standard InChI is InChI=1S/C21H25NO3/c23-21(24)12-14-22-13-4-7-19(22)16-25-20-10-8-18(9-11-20)15-17-5-2-1-3-6-17/h1-3,5-6,8-11,19H,4,7,12-16H2,(H,23,24). The molecule has 0 spiro atoms. The smallest absolute Gasteiger partial charge is 0.304 e. The van der Waals surface area contributed by atoms with Crippen molar-refractivity contribution in [1.29, 1.82) is 0 Å². The highest BCUT2D eigenvalue weighted by Gasteiger charge is 2.25. The molecule has 2 aromatic rings. The fourth-order valence-corrected chi connectivity index (χ4v) is 3.35. The Morgan fingerprint density at radius 3 is 2.52 bits per heavy atom. The van der Waals surface area contributed by atoms with Crippen LogP contribution in [-0.2, 0) is 11.2 Å². The Morgan fingerprint density at radius 1 is 1.08 bits per heavy atom. The van der Waals surface area contributed by atoms with Crippen LogP contribution in [-0.4, -0.2) is 41.7 Å². The van der Waals surface area contributed by atoms with E-state index in [0.29, 0.717) is 19.2 Å². The zero-order valence-electron chi connectivity index (χ0n) is 14.4. The lowest BCUT2D eigenvalue weighted by molar-refractivity contribution is -0.137. The number of carboxylic acid groups (broad SMARTS) is 1. The van der Waals surface area contributed by atoms with Crippen molar-refractivity contribution >= 4 is 5.97 Å². The molecular formula is C21H25NO3. The van der Waals surface area contributed by atoms with Gasteiger partial charge >= 0.3 is 5.97 Å². The van der Waals surface area contributed by atoms with Gasteiger partial charge in [-0.1, -0.05) is 42.5 Å². The molecule has 0 saturated carbocycles. The van der Waals surface area contributed by atoms with Crippen molar-refractivity contribution in [3.63, 3.8) is 0 Å². The number of aliphatic carboxylic acids is 1. The number of benzene rings is 2. The Morgan fingerprint density at radius 2 is 1.80 bits per heavy atom. The van der Waals surface area contributed by atoms with E-state index in [4.69, 9.17) is 9.84 Å². The number of ether oxygens (including phenoxy) is 1.